The molecule has 0 aromatic heterocycles. The molecule has 0 saturated carbocycles. The van der Waals surface area contributed by atoms with Crippen LogP contribution in [0.25, 0.3) is 0 Å². The van der Waals surface area contributed by atoms with E-state index in [9.17, 15) is 14.7 Å². The summed E-state index contributed by atoms with van der Waals surface area (Å²) in [5.74, 6) is -0.885. The summed E-state index contributed by atoms with van der Waals surface area (Å²) in [6.07, 6.45) is 1.47. The molecule has 0 aromatic carbocycles. The Morgan fingerprint density at radius 2 is 2.23 bits per heavy atom. The highest BCUT2D eigenvalue weighted by Crippen LogP contribution is 2.45. The lowest BCUT2D eigenvalue weighted by atomic mass is 9.80. The molecule has 0 aromatic rings. The molecule has 5 nitrogen and oxygen atoms in total. The molecule has 1 saturated heterocycles. The third-order valence-electron chi connectivity index (χ3n) is 4.70. The van der Waals surface area contributed by atoms with Crippen molar-refractivity contribution < 1.29 is 24.2 Å². The van der Waals surface area contributed by atoms with Gasteiger partial charge in [0.2, 0.25) is 0 Å². The van der Waals surface area contributed by atoms with Crippen molar-refractivity contribution in [3.8, 4) is 0 Å². The standard InChI is InChI=1S/C17H24O5/c1-5-21-14(18)9-8-13-10(2)6-7-12-11(3)16(19)22-15(12)17(13,4)20/h12,15,20H,3,5-9H2,1-2,4H3/t12-,15+,17+/m0/s1. The number of ether oxygens (including phenoxy) is 2. The smallest absolute Gasteiger partial charge is 0.334 e. The molecular formula is C17H24O5. The van der Waals surface area contributed by atoms with Gasteiger partial charge in [0.1, 0.15) is 11.7 Å². The van der Waals surface area contributed by atoms with E-state index in [1.54, 1.807) is 13.8 Å². The van der Waals surface area contributed by atoms with Crippen molar-refractivity contribution in [1.29, 1.82) is 0 Å². The average Bonchev–Trinajstić information content (AvgIpc) is 2.68. The zero-order valence-corrected chi connectivity index (χ0v) is 13.5. The number of aliphatic hydroxyl groups is 1. The van der Waals surface area contributed by atoms with Crippen molar-refractivity contribution in [2.75, 3.05) is 6.61 Å². The van der Waals surface area contributed by atoms with Gasteiger partial charge in [-0.25, -0.2) is 4.79 Å². The summed E-state index contributed by atoms with van der Waals surface area (Å²) in [6.45, 7) is 9.52. The second-order valence-electron chi connectivity index (χ2n) is 6.21. The minimum Gasteiger partial charge on any atom is -0.466 e. The monoisotopic (exact) mass is 308 g/mol. The predicted octanol–water partition coefficient (Wildman–Crippen LogP) is 2.29. The fourth-order valence-electron chi connectivity index (χ4n) is 3.49. The molecule has 3 atom stereocenters. The van der Waals surface area contributed by atoms with E-state index in [2.05, 4.69) is 6.58 Å². The topological polar surface area (TPSA) is 72.8 Å². The fourth-order valence-corrected chi connectivity index (χ4v) is 3.49. The van der Waals surface area contributed by atoms with E-state index in [1.165, 1.54) is 0 Å². The average molecular weight is 308 g/mol. The second kappa shape index (κ2) is 6.24. The first-order valence-corrected chi connectivity index (χ1v) is 7.75. The normalized spacial score (nSPS) is 31.6. The van der Waals surface area contributed by atoms with Crippen molar-refractivity contribution in [2.45, 2.75) is 58.2 Å². The van der Waals surface area contributed by atoms with Gasteiger partial charge >= 0.3 is 11.9 Å². The molecule has 0 bridgehead atoms. The lowest BCUT2D eigenvalue weighted by molar-refractivity contribution is -0.149. The number of hydrogen-bond donors (Lipinski definition) is 1. The summed E-state index contributed by atoms with van der Waals surface area (Å²) in [7, 11) is 0. The highest BCUT2D eigenvalue weighted by Gasteiger charge is 2.51. The summed E-state index contributed by atoms with van der Waals surface area (Å²) in [5.41, 5.74) is 0.972. The van der Waals surface area contributed by atoms with E-state index < -0.39 is 17.7 Å². The first-order chi connectivity index (χ1) is 10.3. The molecule has 2 aliphatic rings. The molecular weight excluding hydrogens is 284 g/mol. The van der Waals surface area contributed by atoms with Crippen LogP contribution >= 0.6 is 0 Å². The van der Waals surface area contributed by atoms with Gasteiger partial charge in [-0.2, -0.15) is 0 Å². The molecule has 122 valence electrons. The number of hydrogen-bond acceptors (Lipinski definition) is 5. The van der Waals surface area contributed by atoms with Crippen LogP contribution in [-0.4, -0.2) is 35.4 Å². The van der Waals surface area contributed by atoms with Gasteiger partial charge in [-0.15, -0.1) is 0 Å². The van der Waals surface area contributed by atoms with Crippen LogP contribution in [-0.2, 0) is 19.1 Å². The van der Waals surface area contributed by atoms with Gasteiger partial charge in [-0.3, -0.25) is 4.79 Å². The van der Waals surface area contributed by atoms with E-state index in [4.69, 9.17) is 9.47 Å². The van der Waals surface area contributed by atoms with Crippen LogP contribution in [0.15, 0.2) is 23.3 Å². The fraction of sp³-hybridized carbons (Fsp3) is 0.647. The van der Waals surface area contributed by atoms with Crippen molar-refractivity contribution >= 4 is 11.9 Å². The highest BCUT2D eigenvalue weighted by molar-refractivity contribution is 5.91. The molecule has 2 rings (SSSR count). The Balaban J connectivity index is 2.22. The highest BCUT2D eigenvalue weighted by atomic mass is 16.6. The van der Waals surface area contributed by atoms with Crippen LogP contribution in [0.4, 0.5) is 0 Å². The van der Waals surface area contributed by atoms with Gasteiger partial charge in [0.25, 0.3) is 0 Å². The molecule has 0 spiro atoms. The summed E-state index contributed by atoms with van der Waals surface area (Å²) in [5, 5.41) is 11.0. The van der Waals surface area contributed by atoms with Crippen molar-refractivity contribution in [3.05, 3.63) is 23.3 Å². The number of esters is 2. The molecule has 1 fully saturated rings. The molecule has 1 heterocycles. The van der Waals surface area contributed by atoms with E-state index in [0.717, 1.165) is 24.0 Å². The maximum Gasteiger partial charge on any atom is 0.334 e. The van der Waals surface area contributed by atoms with Gasteiger partial charge in [0.15, 0.2) is 0 Å². The van der Waals surface area contributed by atoms with Crippen molar-refractivity contribution in [2.24, 2.45) is 5.92 Å². The summed E-state index contributed by atoms with van der Waals surface area (Å²) >= 11 is 0. The Bertz CT molecular complexity index is 529. The molecule has 1 aliphatic carbocycles. The first-order valence-electron chi connectivity index (χ1n) is 7.75. The van der Waals surface area contributed by atoms with Crippen molar-refractivity contribution in [3.63, 3.8) is 0 Å². The number of carbonyl (C=O) groups excluding carboxylic acids is 2. The molecule has 1 aliphatic heterocycles. The Kier molecular flexibility index (Phi) is 4.75. The summed E-state index contributed by atoms with van der Waals surface area (Å²) < 4.78 is 10.3. The molecule has 22 heavy (non-hydrogen) atoms. The minimum atomic E-state index is -1.28. The van der Waals surface area contributed by atoms with E-state index in [-0.39, 0.29) is 18.3 Å². The van der Waals surface area contributed by atoms with Crippen LogP contribution in [0, 0.1) is 5.92 Å². The largest absolute Gasteiger partial charge is 0.466 e. The van der Waals surface area contributed by atoms with Crippen LogP contribution in [0.3, 0.4) is 0 Å². The number of carbonyl (C=O) groups is 2. The molecule has 0 amide bonds. The molecule has 0 unspecified atom stereocenters. The number of allylic oxidation sites excluding steroid dienone is 1. The van der Waals surface area contributed by atoms with Crippen LogP contribution in [0.2, 0.25) is 0 Å². The Morgan fingerprint density at radius 3 is 2.86 bits per heavy atom. The van der Waals surface area contributed by atoms with E-state index >= 15 is 0 Å². The van der Waals surface area contributed by atoms with Crippen molar-refractivity contribution in [1.82, 2.24) is 0 Å². The minimum absolute atomic E-state index is 0.169. The van der Waals surface area contributed by atoms with Gasteiger partial charge in [-0.05, 0) is 45.6 Å². The molecule has 1 N–H and O–H groups in total. The third-order valence-corrected chi connectivity index (χ3v) is 4.70. The Hall–Kier alpha value is -1.62. The molecule has 5 heteroatoms. The number of fused-ring (bicyclic) bond motifs is 1. The zero-order chi connectivity index (χ0) is 16.5. The van der Waals surface area contributed by atoms with Gasteiger partial charge < -0.3 is 14.6 Å². The van der Waals surface area contributed by atoms with Gasteiger partial charge in [-0.1, -0.05) is 12.2 Å². The quantitative estimate of drug-likeness (QED) is 0.490. The van der Waals surface area contributed by atoms with Crippen LogP contribution < -0.4 is 0 Å². The molecule has 0 radical (unpaired) electrons. The summed E-state index contributed by atoms with van der Waals surface area (Å²) in [6, 6.07) is 0. The van der Waals surface area contributed by atoms with Gasteiger partial charge in [0.05, 0.1) is 6.61 Å². The first kappa shape index (κ1) is 16.7. The maximum absolute atomic E-state index is 11.8. The van der Waals surface area contributed by atoms with Crippen LogP contribution in [0.1, 0.15) is 46.5 Å². The van der Waals surface area contributed by atoms with E-state index in [0.29, 0.717) is 18.6 Å². The lowest BCUT2D eigenvalue weighted by Crippen LogP contribution is -2.44. The number of rotatable bonds is 4. The third kappa shape index (κ3) is 2.95. The Labute approximate surface area is 131 Å². The zero-order valence-electron chi connectivity index (χ0n) is 13.5. The van der Waals surface area contributed by atoms with E-state index in [1.807, 2.05) is 6.92 Å². The maximum atomic E-state index is 11.8. The SMILES string of the molecule is C=C1C(=O)O[C@@H]2[C@H]1CCC(C)=C(CCC(=O)OCC)[C@@]2(C)O. The predicted molar refractivity (Wildman–Crippen MR) is 80.9 cm³/mol. The summed E-state index contributed by atoms with van der Waals surface area (Å²) in [4.78, 5) is 23.4. The Morgan fingerprint density at radius 1 is 1.55 bits per heavy atom. The van der Waals surface area contributed by atoms with Crippen LogP contribution in [0.5, 0.6) is 0 Å². The lowest BCUT2D eigenvalue weighted by Gasteiger charge is -2.33. The van der Waals surface area contributed by atoms with Gasteiger partial charge in [0, 0.05) is 17.9 Å². The second-order valence-corrected chi connectivity index (χ2v) is 6.21.